The normalized spacial score (nSPS) is 16.8. The van der Waals surface area contributed by atoms with Crippen LogP contribution in [0.15, 0.2) is 17.2 Å². The van der Waals surface area contributed by atoms with Crippen molar-refractivity contribution in [3.05, 3.63) is 29.3 Å². The fourth-order valence-electron chi connectivity index (χ4n) is 3.23. The Hall–Kier alpha value is -2.57. The van der Waals surface area contributed by atoms with Crippen LogP contribution in [0.25, 0.3) is 0 Å². The summed E-state index contributed by atoms with van der Waals surface area (Å²) in [7, 11) is -3.18. The Labute approximate surface area is 168 Å². The molecular weight excluding hydrogens is 437 g/mol. The van der Waals surface area contributed by atoms with Crippen LogP contribution >= 0.6 is 0 Å². The Balaban J connectivity index is 1.87. The van der Waals surface area contributed by atoms with E-state index in [9.17, 15) is 30.4 Å². The Morgan fingerprint density at radius 3 is 2.73 bits per heavy atom. The van der Waals surface area contributed by atoms with Crippen molar-refractivity contribution in [1.29, 1.82) is 0 Å². The number of H-pyrrole nitrogens is 1. The zero-order chi connectivity index (χ0) is 22.1. The van der Waals surface area contributed by atoms with E-state index in [4.69, 9.17) is 9.47 Å². The molecule has 0 amide bonds. The molecule has 3 rings (SSSR count). The van der Waals surface area contributed by atoms with Crippen molar-refractivity contribution in [3.8, 4) is 11.6 Å². The number of anilines is 1. The highest BCUT2D eigenvalue weighted by molar-refractivity contribution is 7.92. The summed E-state index contributed by atoms with van der Waals surface area (Å²) in [6.45, 7) is -1.22. The number of rotatable bonds is 7. The Bertz CT molecular complexity index is 1020. The average molecular weight is 455 g/mol. The second kappa shape index (κ2) is 8.28. The van der Waals surface area contributed by atoms with E-state index in [-0.39, 0.29) is 53.7 Å². The molecule has 1 unspecified atom stereocenters. The molecule has 2 aromatic rings. The predicted octanol–water partition coefficient (Wildman–Crippen LogP) is 3.37. The number of sulfonamides is 1. The van der Waals surface area contributed by atoms with E-state index < -0.39 is 40.4 Å². The topological polar surface area (TPSA) is 93.3 Å². The average Bonchev–Trinajstić information content (AvgIpc) is 3.11. The molecule has 0 aromatic carbocycles. The molecule has 2 aromatic heterocycles. The predicted molar refractivity (Wildman–Crippen MR) is 95.4 cm³/mol. The molecule has 0 radical (unpaired) electrons. The smallest absolute Gasteiger partial charge is 0.392 e. The molecule has 0 saturated heterocycles. The van der Waals surface area contributed by atoms with Crippen LogP contribution in [0, 0.1) is 11.7 Å². The number of aromatic amines is 1. The summed E-state index contributed by atoms with van der Waals surface area (Å²) in [4.78, 5) is 6.00. The fraction of sp³-hybridized carbons (Fsp3) is 0.471. The first kappa shape index (κ1) is 22.1. The van der Waals surface area contributed by atoms with Crippen LogP contribution in [0.3, 0.4) is 0 Å². The number of halogens is 5. The molecule has 7 nitrogen and oxygen atoms in total. The van der Waals surface area contributed by atoms with E-state index in [2.05, 4.69) is 9.97 Å². The molecule has 166 valence electrons. The van der Waals surface area contributed by atoms with Crippen molar-refractivity contribution >= 4 is 15.8 Å². The standard InChI is InChI=1S/C17H18F5N3O4S/c1-28-16-13(29-5-4-18)7-11(19)15(24-16)25-30(26,27)14-8-23-12-6-9(17(20,21)22)2-3-10(12)14/h7-9,23H,2-6H2,1H3,(H,24,25). The molecule has 0 saturated carbocycles. The molecule has 0 bridgehead atoms. The minimum absolute atomic E-state index is 0.103. The molecular formula is C17H18F5N3O4S. The number of hydrogen-bond donors (Lipinski definition) is 2. The minimum atomic E-state index is -4.38. The van der Waals surface area contributed by atoms with Crippen LogP contribution in [0.5, 0.6) is 11.6 Å². The van der Waals surface area contributed by atoms with Crippen LogP contribution in [-0.2, 0) is 22.9 Å². The van der Waals surface area contributed by atoms with Crippen molar-refractivity contribution in [2.24, 2.45) is 5.92 Å². The summed E-state index contributed by atoms with van der Waals surface area (Å²) in [5.41, 5.74) is 0.392. The van der Waals surface area contributed by atoms with Crippen LogP contribution in [0.2, 0.25) is 0 Å². The molecule has 0 fully saturated rings. The van der Waals surface area contributed by atoms with Gasteiger partial charge in [0.1, 0.15) is 18.2 Å². The molecule has 2 heterocycles. The van der Waals surface area contributed by atoms with Crippen molar-refractivity contribution in [2.75, 3.05) is 25.1 Å². The lowest BCUT2D eigenvalue weighted by atomic mass is 9.87. The van der Waals surface area contributed by atoms with Gasteiger partial charge in [-0.2, -0.15) is 18.2 Å². The maximum Gasteiger partial charge on any atom is 0.392 e. The third kappa shape index (κ3) is 4.45. The van der Waals surface area contributed by atoms with E-state index in [0.29, 0.717) is 0 Å². The number of alkyl halides is 4. The molecule has 1 atom stereocenters. The lowest BCUT2D eigenvalue weighted by Gasteiger charge is -2.25. The fourth-order valence-corrected chi connectivity index (χ4v) is 4.50. The third-order valence-corrected chi connectivity index (χ3v) is 6.06. The first-order valence-electron chi connectivity index (χ1n) is 8.78. The van der Waals surface area contributed by atoms with Crippen LogP contribution in [0.1, 0.15) is 17.7 Å². The highest BCUT2D eigenvalue weighted by atomic mass is 32.2. The van der Waals surface area contributed by atoms with Gasteiger partial charge in [0.15, 0.2) is 17.4 Å². The number of nitrogens with one attached hydrogen (secondary N) is 2. The molecule has 0 spiro atoms. The molecule has 1 aliphatic rings. The van der Waals surface area contributed by atoms with Crippen LogP contribution in [0.4, 0.5) is 27.8 Å². The number of methoxy groups -OCH3 is 1. The van der Waals surface area contributed by atoms with Crippen molar-refractivity contribution in [3.63, 3.8) is 0 Å². The number of hydrogen-bond acceptors (Lipinski definition) is 5. The number of aromatic nitrogens is 2. The van der Waals surface area contributed by atoms with Crippen molar-refractivity contribution in [1.82, 2.24) is 9.97 Å². The second-order valence-corrected chi connectivity index (χ2v) is 8.21. The van der Waals surface area contributed by atoms with Gasteiger partial charge in [0.25, 0.3) is 15.9 Å². The van der Waals surface area contributed by atoms with Gasteiger partial charge >= 0.3 is 6.18 Å². The lowest BCUT2D eigenvalue weighted by molar-refractivity contribution is -0.177. The van der Waals surface area contributed by atoms with E-state index in [1.54, 1.807) is 0 Å². The van der Waals surface area contributed by atoms with Crippen LogP contribution in [-0.4, -0.2) is 45.0 Å². The van der Waals surface area contributed by atoms with E-state index in [0.717, 1.165) is 12.3 Å². The highest BCUT2D eigenvalue weighted by Gasteiger charge is 2.42. The van der Waals surface area contributed by atoms with Gasteiger partial charge in [-0.15, -0.1) is 0 Å². The van der Waals surface area contributed by atoms with Gasteiger partial charge in [-0.05, 0) is 24.8 Å². The maximum absolute atomic E-state index is 14.3. The number of ether oxygens (including phenoxy) is 2. The third-order valence-electron chi connectivity index (χ3n) is 4.65. The van der Waals surface area contributed by atoms with Gasteiger partial charge in [-0.3, -0.25) is 4.72 Å². The molecule has 0 aliphatic heterocycles. The van der Waals surface area contributed by atoms with E-state index in [1.165, 1.54) is 7.11 Å². The zero-order valence-electron chi connectivity index (χ0n) is 15.6. The van der Waals surface area contributed by atoms with E-state index in [1.807, 2.05) is 4.72 Å². The van der Waals surface area contributed by atoms with Gasteiger partial charge in [0, 0.05) is 18.0 Å². The maximum atomic E-state index is 14.3. The number of pyridine rings is 1. The summed E-state index contributed by atoms with van der Waals surface area (Å²) in [5.74, 6) is -3.85. The summed E-state index contributed by atoms with van der Waals surface area (Å²) in [6.07, 6.45) is -4.03. The van der Waals surface area contributed by atoms with Gasteiger partial charge in [0.05, 0.1) is 13.0 Å². The number of fused-ring (bicyclic) bond motifs is 1. The summed E-state index contributed by atoms with van der Waals surface area (Å²) < 4.78 is 103. The second-order valence-electron chi connectivity index (χ2n) is 6.56. The van der Waals surface area contributed by atoms with Crippen molar-refractivity contribution in [2.45, 2.75) is 30.3 Å². The summed E-state index contributed by atoms with van der Waals surface area (Å²) in [6, 6.07) is 0.792. The number of nitrogens with zero attached hydrogens (tertiary/aromatic N) is 1. The summed E-state index contributed by atoms with van der Waals surface area (Å²) in [5, 5.41) is 0. The monoisotopic (exact) mass is 455 g/mol. The van der Waals surface area contributed by atoms with Crippen molar-refractivity contribution < 1.29 is 39.8 Å². The quantitative estimate of drug-likeness (QED) is 0.625. The van der Waals surface area contributed by atoms with Crippen LogP contribution < -0.4 is 14.2 Å². The van der Waals surface area contributed by atoms with E-state index >= 15 is 0 Å². The molecule has 1 aliphatic carbocycles. The Morgan fingerprint density at radius 2 is 2.10 bits per heavy atom. The lowest BCUT2D eigenvalue weighted by Crippen LogP contribution is -2.29. The van der Waals surface area contributed by atoms with Gasteiger partial charge in [-0.25, -0.2) is 17.2 Å². The first-order valence-corrected chi connectivity index (χ1v) is 10.3. The highest BCUT2D eigenvalue weighted by Crippen LogP contribution is 2.39. The van der Waals surface area contributed by atoms with Gasteiger partial charge in [0.2, 0.25) is 0 Å². The SMILES string of the molecule is COc1nc(NS(=O)(=O)c2c[nH]c3c2CCC(C(F)(F)F)C3)c(F)cc1OCCF. The molecule has 30 heavy (non-hydrogen) atoms. The summed E-state index contributed by atoms with van der Waals surface area (Å²) >= 11 is 0. The molecule has 2 N–H and O–H groups in total. The molecule has 13 heteroatoms. The Kier molecular flexibility index (Phi) is 6.11. The zero-order valence-corrected chi connectivity index (χ0v) is 16.5. The first-order chi connectivity index (χ1) is 14.1. The largest absolute Gasteiger partial charge is 0.485 e. The Morgan fingerprint density at radius 1 is 1.37 bits per heavy atom. The van der Waals surface area contributed by atoms with Gasteiger partial charge in [-0.1, -0.05) is 0 Å². The minimum Gasteiger partial charge on any atom is -0.485 e. The van der Waals surface area contributed by atoms with Gasteiger partial charge < -0.3 is 14.5 Å².